The standard InChI is InChI=1S/C18H20N2O4S/c21-18(17-2-1-9-25-17)19-11-14(20-5-7-22-8-6-20)13-3-4-15-16(10-13)24-12-23-15/h1-4,9-10,14H,5-8,11-12H2,(H,19,21). The zero-order chi connectivity index (χ0) is 17.1. The van der Waals surface area contributed by atoms with E-state index in [4.69, 9.17) is 14.2 Å². The summed E-state index contributed by atoms with van der Waals surface area (Å²) < 4.78 is 16.4. The molecule has 4 rings (SSSR count). The monoisotopic (exact) mass is 360 g/mol. The number of nitrogens with zero attached hydrogens (tertiary/aromatic N) is 1. The van der Waals surface area contributed by atoms with E-state index in [-0.39, 0.29) is 18.7 Å². The number of ether oxygens (including phenoxy) is 3. The molecule has 1 N–H and O–H groups in total. The van der Waals surface area contributed by atoms with E-state index in [2.05, 4.69) is 10.2 Å². The molecule has 1 aromatic carbocycles. The van der Waals surface area contributed by atoms with Gasteiger partial charge in [0.2, 0.25) is 6.79 Å². The Labute approximate surface area is 150 Å². The number of benzene rings is 1. The fourth-order valence-corrected chi connectivity index (χ4v) is 3.79. The van der Waals surface area contributed by atoms with Crippen LogP contribution < -0.4 is 14.8 Å². The first-order chi connectivity index (χ1) is 12.3. The number of hydrogen-bond acceptors (Lipinski definition) is 6. The molecule has 2 aliphatic heterocycles. The van der Waals surface area contributed by atoms with Gasteiger partial charge < -0.3 is 19.5 Å². The molecule has 3 heterocycles. The molecule has 0 saturated carbocycles. The molecule has 1 amide bonds. The van der Waals surface area contributed by atoms with Crippen LogP contribution in [0.4, 0.5) is 0 Å². The van der Waals surface area contributed by atoms with Crippen molar-refractivity contribution >= 4 is 17.2 Å². The minimum absolute atomic E-state index is 0.0333. The van der Waals surface area contributed by atoms with Crippen molar-refractivity contribution in [3.63, 3.8) is 0 Å². The number of rotatable bonds is 5. The molecule has 25 heavy (non-hydrogen) atoms. The van der Waals surface area contributed by atoms with E-state index in [1.165, 1.54) is 11.3 Å². The molecule has 2 aliphatic rings. The summed E-state index contributed by atoms with van der Waals surface area (Å²) in [6, 6.07) is 9.79. The van der Waals surface area contributed by atoms with Crippen molar-refractivity contribution in [2.24, 2.45) is 0 Å². The molecule has 1 aromatic heterocycles. The highest BCUT2D eigenvalue weighted by Gasteiger charge is 2.25. The number of morpholine rings is 1. The van der Waals surface area contributed by atoms with E-state index in [1.54, 1.807) is 0 Å². The predicted octanol–water partition coefficient (Wildman–Crippen LogP) is 2.28. The molecule has 0 radical (unpaired) electrons. The number of amides is 1. The molecule has 1 atom stereocenters. The summed E-state index contributed by atoms with van der Waals surface area (Å²) in [6.45, 7) is 3.90. The van der Waals surface area contributed by atoms with E-state index in [0.29, 0.717) is 19.8 Å². The minimum atomic E-state index is -0.0333. The molecular formula is C18H20N2O4S. The molecule has 1 unspecified atom stereocenters. The lowest BCUT2D eigenvalue weighted by Crippen LogP contribution is -2.43. The second-order valence-corrected chi connectivity index (χ2v) is 6.91. The van der Waals surface area contributed by atoms with Crippen LogP contribution in [0.3, 0.4) is 0 Å². The van der Waals surface area contributed by atoms with Crippen LogP contribution in [-0.2, 0) is 4.74 Å². The lowest BCUT2D eigenvalue weighted by Gasteiger charge is -2.35. The second-order valence-electron chi connectivity index (χ2n) is 5.96. The average Bonchev–Trinajstić information content (AvgIpc) is 3.34. The van der Waals surface area contributed by atoms with Gasteiger partial charge in [-0.15, -0.1) is 11.3 Å². The molecule has 1 saturated heterocycles. The molecule has 2 aromatic rings. The van der Waals surface area contributed by atoms with Crippen molar-refractivity contribution in [3.05, 3.63) is 46.2 Å². The molecule has 6 nitrogen and oxygen atoms in total. The molecule has 7 heteroatoms. The fourth-order valence-electron chi connectivity index (χ4n) is 3.15. The first-order valence-electron chi connectivity index (χ1n) is 8.34. The number of thiophene rings is 1. The third kappa shape index (κ3) is 3.63. The van der Waals surface area contributed by atoms with Gasteiger partial charge in [-0.25, -0.2) is 0 Å². The van der Waals surface area contributed by atoms with Gasteiger partial charge in [0.25, 0.3) is 5.91 Å². The normalized spacial score (nSPS) is 18.1. The third-order valence-corrected chi connectivity index (χ3v) is 5.34. The van der Waals surface area contributed by atoms with E-state index in [1.807, 2.05) is 35.7 Å². The summed E-state index contributed by atoms with van der Waals surface area (Å²) in [4.78, 5) is 15.4. The van der Waals surface area contributed by atoms with Gasteiger partial charge in [-0.3, -0.25) is 9.69 Å². The van der Waals surface area contributed by atoms with Crippen LogP contribution in [0.1, 0.15) is 21.3 Å². The van der Waals surface area contributed by atoms with E-state index in [0.717, 1.165) is 35.0 Å². The maximum Gasteiger partial charge on any atom is 0.261 e. The average molecular weight is 360 g/mol. The van der Waals surface area contributed by atoms with Gasteiger partial charge in [0.1, 0.15) is 0 Å². The highest BCUT2D eigenvalue weighted by atomic mass is 32.1. The number of fused-ring (bicyclic) bond motifs is 1. The van der Waals surface area contributed by atoms with Crippen molar-refractivity contribution < 1.29 is 19.0 Å². The quantitative estimate of drug-likeness (QED) is 0.886. The van der Waals surface area contributed by atoms with Gasteiger partial charge >= 0.3 is 0 Å². The van der Waals surface area contributed by atoms with Crippen LogP contribution in [-0.4, -0.2) is 50.4 Å². The van der Waals surface area contributed by atoms with Crippen molar-refractivity contribution in [1.82, 2.24) is 10.2 Å². The lowest BCUT2D eigenvalue weighted by molar-refractivity contribution is 0.0162. The van der Waals surface area contributed by atoms with Gasteiger partial charge in [-0.1, -0.05) is 12.1 Å². The Balaban J connectivity index is 1.52. The van der Waals surface area contributed by atoms with E-state index < -0.39 is 0 Å². The van der Waals surface area contributed by atoms with Gasteiger partial charge in [0, 0.05) is 19.6 Å². The Bertz CT molecular complexity index is 729. The topological polar surface area (TPSA) is 60.0 Å². The minimum Gasteiger partial charge on any atom is -0.454 e. The Morgan fingerprint density at radius 1 is 1.20 bits per heavy atom. The molecule has 0 bridgehead atoms. The Hall–Kier alpha value is -2.09. The number of carbonyl (C=O) groups is 1. The van der Waals surface area contributed by atoms with Crippen LogP contribution in [0.5, 0.6) is 11.5 Å². The van der Waals surface area contributed by atoms with Crippen molar-refractivity contribution in [1.29, 1.82) is 0 Å². The molecule has 0 aliphatic carbocycles. The largest absolute Gasteiger partial charge is 0.454 e. The highest BCUT2D eigenvalue weighted by molar-refractivity contribution is 7.12. The maximum atomic E-state index is 12.3. The van der Waals surface area contributed by atoms with Crippen LogP contribution in [0, 0.1) is 0 Å². The SMILES string of the molecule is O=C(NCC(c1ccc2c(c1)OCO2)N1CCOCC1)c1cccs1. The van der Waals surface area contributed by atoms with Crippen LogP contribution in [0.15, 0.2) is 35.7 Å². The van der Waals surface area contributed by atoms with Crippen molar-refractivity contribution in [2.75, 3.05) is 39.6 Å². The summed E-state index contributed by atoms with van der Waals surface area (Å²) in [7, 11) is 0. The summed E-state index contributed by atoms with van der Waals surface area (Å²) in [6.07, 6.45) is 0. The number of carbonyl (C=O) groups excluding carboxylic acids is 1. The first kappa shape index (κ1) is 16.4. The fraction of sp³-hybridized carbons (Fsp3) is 0.389. The Morgan fingerprint density at radius 3 is 2.84 bits per heavy atom. The predicted molar refractivity (Wildman–Crippen MR) is 94.4 cm³/mol. The first-order valence-corrected chi connectivity index (χ1v) is 9.22. The van der Waals surface area contributed by atoms with Crippen LogP contribution in [0.2, 0.25) is 0 Å². The van der Waals surface area contributed by atoms with Crippen molar-refractivity contribution in [3.8, 4) is 11.5 Å². The molecule has 132 valence electrons. The zero-order valence-electron chi connectivity index (χ0n) is 13.8. The van der Waals surface area contributed by atoms with Crippen molar-refractivity contribution in [2.45, 2.75) is 6.04 Å². The Morgan fingerprint density at radius 2 is 2.04 bits per heavy atom. The lowest BCUT2D eigenvalue weighted by atomic mass is 10.0. The molecule has 1 fully saturated rings. The second kappa shape index (κ2) is 7.43. The summed E-state index contributed by atoms with van der Waals surface area (Å²) in [5.74, 6) is 1.50. The van der Waals surface area contributed by atoms with Gasteiger partial charge in [0.15, 0.2) is 11.5 Å². The third-order valence-electron chi connectivity index (χ3n) is 4.47. The molecular weight excluding hydrogens is 340 g/mol. The molecule has 0 spiro atoms. The number of hydrogen-bond donors (Lipinski definition) is 1. The highest BCUT2D eigenvalue weighted by Crippen LogP contribution is 2.35. The smallest absolute Gasteiger partial charge is 0.261 e. The van der Waals surface area contributed by atoms with Gasteiger partial charge in [-0.2, -0.15) is 0 Å². The van der Waals surface area contributed by atoms with E-state index >= 15 is 0 Å². The zero-order valence-corrected chi connectivity index (χ0v) is 14.6. The summed E-state index contributed by atoms with van der Waals surface area (Å²) >= 11 is 1.45. The van der Waals surface area contributed by atoms with Gasteiger partial charge in [-0.05, 0) is 29.1 Å². The van der Waals surface area contributed by atoms with Crippen LogP contribution in [0.25, 0.3) is 0 Å². The van der Waals surface area contributed by atoms with Gasteiger partial charge in [0.05, 0.1) is 24.1 Å². The number of nitrogens with one attached hydrogen (secondary N) is 1. The summed E-state index contributed by atoms with van der Waals surface area (Å²) in [5.41, 5.74) is 1.11. The Kier molecular flexibility index (Phi) is 4.87. The van der Waals surface area contributed by atoms with E-state index in [9.17, 15) is 4.79 Å². The summed E-state index contributed by atoms with van der Waals surface area (Å²) in [5, 5.41) is 4.97. The maximum absolute atomic E-state index is 12.3. The van der Waals surface area contributed by atoms with Crippen LogP contribution >= 0.6 is 11.3 Å².